The van der Waals surface area contributed by atoms with Crippen molar-refractivity contribution in [1.29, 1.82) is 0 Å². The number of nitrogens with zero attached hydrogens (tertiary/aromatic N) is 1. The SMILES string of the molecule is CCOc1ccc2nc(NC(=O)/C=C/c3ccc(OC)c(S(=O)(=O)NC)c3)sc2c1. The number of anilines is 1. The van der Waals surface area contributed by atoms with E-state index < -0.39 is 10.0 Å². The average molecular weight is 448 g/mol. The zero-order chi connectivity index (χ0) is 21.7. The maximum Gasteiger partial charge on any atom is 0.250 e. The Labute approximate surface area is 178 Å². The summed E-state index contributed by atoms with van der Waals surface area (Å²) in [6, 6.07) is 10.2. The fraction of sp³-hybridized carbons (Fsp3) is 0.200. The highest BCUT2D eigenvalue weighted by Gasteiger charge is 2.17. The molecule has 2 aromatic carbocycles. The van der Waals surface area contributed by atoms with Crippen LogP contribution in [0.4, 0.5) is 5.13 Å². The lowest BCUT2D eigenvalue weighted by Crippen LogP contribution is -2.19. The van der Waals surface area contributed by atoms with E-state index in [4.69, 9.17) is 9.47 Å². The van der Waals surface area contributed by atoms with Crippen LogP contribution in [0.3, 0.4) is 0 Å². The monoisotopic (exact) mass is 447 g/mol. The lowest BCUT2D eigenvalue weighted by atomic mass is 10.2. The molecular formula is C20H21N3O5S2. The Hall–Kier alpha value is -2.95. The molecule has 0 radical (unpaired) electrons. The number of amides is 1. The molecular weight excluding hydrogens is 426 g/mol. The number of carbonyl (C=O) groups excluding carboxylic acids is 1. The van der Waals surface area contributed by atoms with Gasteiger partial charge in [0.25, 0.3) is 0 Å². The van der Waals surface area contributed by atoms with Crippen molar-refractivity contribution >= 4 is 48.7 Å². The minimum absolute atomic E-state index is 0.00802. The second-order valence-corrected chi connectivity index (χ2v) is 8.91. The number of rotatable bonds is 8. The van der Waals surface area contributed by atoms with E-state index in [1.165, 1.54) is 49.8 Å². The summed E-state index contributed by atoms with van der Waals surface area (Å²) in [5, 5.41) is 3.18. The molecule has 158 valence electrons. The first kappa shape index (κ1) is 21.8. The van der Waals surface area contributed by atoms with E-state index in [1.807, 2.05) is 25.1 Å². The third kappa shape index (κ3) is 4.96. The molecule has 0 fully saturated rings. The van der Waals surface area contributed by atoms with E-state index in [0.29, 0.717) is 17.3 Å². The molecule has 0 atom stereocenters. The summed E-state index contributed by atoms with van der Waals surface area (Å²) in [5.74, 6) is 0.582. The molecule has 0 aliphatic heterocycles. The third-order valence-electron chi connectivity index (χ3n) is 4.07. The molecule has 1 aromatic heterocycles. The van der Waals surface area contributed by atoms with Gasteiger partial charge in [-0.25, -0.2) is 18.1 Å². The standard InChI is InChI=1S/C20H21N3O5S2/c1-4-28-14-7-8-15-17(12-14)29-20(22-15)23-19(24)10-6-13-5-9-16(27-3)18(11-13)30(25,26)21-2/h5-12,21H,4H2,1-3H3,(H,22,23,24)/b10-6+. The van der Waals surface area contributed by atoms with Gasteiger partial charge in [0.2, 0.25) is 15.9 Å². The number of nitrogens with one attached hydrogen (secondary N) is 2. The normalized spacial score (nSPS) is 11.7. The number of carbonyl (C=O) groups is 1. The first-order valence-electron chi connectivity index (χ1n) is 9.00. The summed E-state index contributed by atoms with van der Waals surface area (Å²) in [7, 11) is -0.991. The van der Waals surface area contributed by atoms with Gasteiger partial charge in [-0.1, -0.05) is 17.4 Å². The Bertz CT molecular complexity index is 1200. The third-order valence-corrected chi connectivity index (χ3v) is 6.44. The molecule has 1 heterocycles. The van der Waals surface area contributed by atoms with Gasteiger partial charge in [0, 0.05) is 6.08 Å². The van der Waals surface area contributed by atoms with Crippen molar-refractivity contribution < 1.29 is 22.7 Å². The summed E-state index contributed by atoms with van der Waals surface area (Å²) in [5.41, 5.74) is 1.30. The van der Waals surface area contributed by atoms with Crippen molar-refractivity contribution in [2.45, 2.75) is 11.8 Å². The minimum atomic E-state index is -3.70. The fourth-order valence-electron chi connectivity index (χ4n) is 2.65. The van der Waals surface area contributed by atoms with E-state index in [-0.39, 0.29) is 16.6 Å². The van der Waals surface area contributed by atoms with E-state index in [1.54, 1.807) is 6.07 Å². The first-order chi connectivity index (χ1) is 14.4. The van der Waals surface area contributed by atoms with Crippen molar-refractivity contribution in [3.63, 3.8) is 0 Å². The van der Waals surface area contributed by atoms with Gasteiger partial charge in [-0.3, -0.25) is 10.1 Å². The van der Waals surface area contributed by atoms with Crippen LogP contribution in [0.5, 0.6) is 11.5 Å². The van der Waals surface area contributed by atoms with Crippen LogP contribution in [0.15, 0.2) is 47.4 Å². The van der Waals surface area contributed by atoms with E-state index in [9.17, 15) is 13.2 Å². The minimum Gasteiger partial charge on any atom is -0.495 e. The van der Waals surface area contributed by atoms with Gasteiger partial charge in [0.1, 0.15) is 16.4 Å². The van der Waals surface area contributed by atoms with Crippen molar-refractivity contribution in [2.24, 2.45) is 0 Å². The highest BCUT2D eigenvalue weighted by atomic mass is 32.2. The molecule has 0 unspecified atom stereocenters. The van der Waals surface area contributed by atoms with Crippen LogP contribution in [0, 0.1) is 0 Å². The molecule has 2 N–H and O–H groups in total. The molecule has 0 bridgehead atoms. The lowest BCUT2D eigenvalue weighted by molar-refractivity contribution is -0.111. The molecule has 0 aliphatic rings. The lowest BCUT2D eigenvalue weighted by Gasteiger charge is -2.09. The van der Waals surface area contributed by atoms with Crippen LogP contribution in [-0.2, 0) is 14.8 Å². The Morgan fingerprint density at radius 2 is 2.03 bits per heavy atom. The van der Waals surface area contributed by atoms with Crippen LogP contribution in [-0.4, -0.2) is 40.1 Å². The number of ether oxygens (including phenoxy) is 2. The van der Waals surface area contributed by atoms with Crippen LogP contribution >= 0.6 is 11.3 Å². The van der Waals surface area contributed by atoms with Gasteiger partial charge in [-0.2, -0.15) is 0 Å². The Morgan fingerprint density at radius 1 is 1.23 bits per heavy atom. The van der Waals surface area contributed by atoms with Crippen molar-refractivity contribution in [3.05, 3.63) is 48.0 Å². The molecule has 0 saturated heterocycles. The largest absolute Gasteiger partial charge is 0.495 e. The zero-order valence-corrected chi connectivity index (χ0v) is 18.3. The second kappa shape index (κ2) is 9.24. The fourth-order valence-corrected chi connectivity index (χ4v) is 4.48. The smallest absolute Gasteiger partial charge is 0.250 e. The predicted molar refractivity (Wildman–Crippen MR) is 118 cm³/mol. The molecule has 3 aromatic rings. The topological polar surface area (TPSA) is 107 Å². The number of hydrogen-bond acceptors (Lipinski definition) is 7. The number of methoxy groups -OCH3 is 1. The molecule has 3 rings (SSSR count). The van der Waals surface area contributed by atoms with Crippen LogP contribution in [0.25, 0.3) is 16.3 Å². The van der Waals surface area contributed by atoms with Crippen molar-refractivity contribution in [3.8, 4) is 11.5 Å². The highest BCUT2D eigenvalue weighted by Crippen LogP contribution is 2.29. The second-order valence-electron chi connectivity index (χ2n) is 6.02. The van der Waals surface area contributed by atoms with Crippen LogP contribution < -0.4 is 19.5 Å². The van der Waals surface area contributed by atoms with E-state index in [0.717, 1.165) is 16.0 Å². The highest BCUT2D eigenvalue weighted by molar-refractivity contribution is 7.89. The van der Waals surface area contributed by atoms with Crippen LogP contribution in [0.2, 0.25) is 0 Å². The van der Waals surface area contributed by atoms with Gasteiger partial charge in [0.15, 0.2) is 5.13 Å². The molecule has 10 heteroatoms. The molecule has 1 amide bonds. The molecule has 8 nitrogen and oxygen atoms in total. The van der Waals surface area contributed by atoms with Crippen molar-refractivity contribution in [1.82, 2.24) is 9.71 Å². The summed E-state index contributed by atoms with van der Waals surface area (Å²) in [6.45, 7) is 2.48. The molecule has 0 aliphatic carbocycles. The summed E-state index contributed by atoms with van der Waals surface area (Å²) in [4.78, 5) is 16.7. The van der Waals surface area contributed by atoms with Gasteiger partial charge in [-0.15, -0.1) is 0 Å². The maximum atomic E-state index is 12.3. The van der Waals surface area contributed by atoms with Crippen molar-refractivity contribution in [2.75, 3.05) is 26.1 Å². The Kier molecular flexibility index (Phi) is 6.70. The van der Waals surface area contributed by atoms with E-state index >= 15 is 0 Å². The molecule has 0 spiro atoms. The van der Waals surface area contributed by atoms with Gasteiger partial charge >= 0.3 is 0 Å². The number of hydrogen-bond donors (Lipinski definition) is 2. The van der Waals surface area contributed by atoms with Gasteiger partial charge < -0.3 is 9.47 Å². The predicted octanol–water partition coefficient (Wildman–Crippen LogP) is 3.26. The zero-order valence-electron chi connectivity index (χ0n) is 16.6. The first-order valence-corrected chi connectivity index (χ1v) is 11.3. The summed E-state index contributed by atoms with van der Waals surface area (Å²) in [6.07, 6.45) is 2.83. The Balaban J connectivity index is 1.76. The summed E-state index contributed by atoms with van der Waals surface area (Å²) < 4.78 is 38.0. The Morgan fingerprint density at radius 3 is 2.73 bits per heavy atom. The van der Waals surface area contributed by atoms with Gasteiger partial charge in [0.05, 0.1) is 23.9 Å². The number of fused-ring (bicyclic) bond motifs is 1. The van der Waals surface area contributed by atoms with Crippen LogP contribution in [0.1, 0.15) is 12.5 Å². The number of thiazole rings is 1. The maximum absolute atomic E-state index is 12.3. The quantitative estimate of drug-likeness (QED) is 0.514. The molecule has 30 heavy (non-hydrogen) atoms. The number of benzene rings is 2. The molecule has 0 saturated carbocycles. The average Bonchev–Trinajstić information content (AvgIpc) is 3.13. The van der Waals surface area contributed by atoms with E-state index in [2.05, 4.69) is 15.0 Å². The van der Waals surface area contributed by atoms with Gasteiger partial charge in [-0.05, 0) is 55.9 Å². The number of aromatic nitrogens is 1. The summed E-state index contributed by atoms with van der Waals surface area (Å²) >= 11 is 1.34. The number of sulfonamides is 1.